The summed E-state index contributed by atoms with van der Waals surface area (Å²) in [5.41, 5.74) is 0.641. The number of rotatable bonds is 5. The third kappa shape index (κ3) is 4.43. The second-order valence-electron chi connectivity index (χ2n) is 3.44. The zero-order valence-corrected chi connectivity index (χ0v) is 10.5. The van der Waals surface area contributed by atoms with Crippen LogP contribution in [0.5, 0.6) is 0 Å². The first kappa shape index (κ1) is 14.0. The third-order valence-corrected chi connectivity index (χ3v) is 3.36. The van der Waals surface area contributed by atoms with Crippen LogP contribution in [0.2, 0.25) is 0 Å². The molecule has 0 saturated carbocycles. The van der Waals surface area contributed by atoms with Crippen molar-refractivity contribution < 1.29 is 17.9 Å². The van der Waals surface area contributed by atoms with E-state index in [-0.39, 0.29) is 12.2 Å². The Morgan fingerprint density at radius 1 is 1.50 bits per heavy atom. The molecule has 1 aromatic rings. The molecule has 0 unspecified atom stereocenters. The maximum atomic E-state index is 11.6. The molecule has 0 spiro atoms. The van der Waals surface area contributed by atoms with E-state index >= 15 is 0 Å². The van der Waals surface area contributed by atoms with Gasteiger partial charge in [-0.2, -0.15) is 5.26 Å². The van der Waals surface area contributed by atoms with Crippen LogP contribution < -0.4 is 4.72 Å². The molecule has 96 valence electrons. The fraction of sp³-hybridized carbons (Fsp3) is 0.273. The summed E-state index contributed by atoms with van der Waals surface area (Å²) in [6.07, 6.45) is -0.218. The molecular weight excluding hydrogens is 256 g/mol. The van der Waals surface area contributed by atoms with E-state index in [0.29, 0.717) is 11.3 Å². The number of hydrogen-bond donors (Lipinski definition) is 1. The van der Waals surface area contributed by atoms with Crippen molar-refractivity contribution in [2.24, 2.45) is 0 Å². The highest BCUT2D eigenvalue weighted by Gasteiger charge is 2.13. The van der Waals surface area contributed by atoms with Gasteiger partial charge in [0.05, 0.1) is 30.9 Å². The van der Waals surface area contributed by atoms with Crippen molar-refractivity contribution in [1.29, 1.82) is 5.26 Å². The molecule has 7 heteroatoms. The predicted octanol–water partition coefficient (Wildman–Crippen LogP) is 0.863. The Morgan fingerprint density at radius 3 is 2.83 bits per heavy atom. The SMILES string of the molecule is COC(=O)CCS(=O)(=O)Nc1cccc(C#N)c1. The van der Waals surface area contributed by atoms with Gasteiger partial charge in [0.2, 0.25) is 10.0 Å². The van der Waals surface area contributed by atoms with Crippen LogP contribution in [-0.2, 0) is 19.6 Å². The van der Waals surface area contributed by atoms with E-state index in [1.807, 2.05) is 6.07 Å². The smallest absolute Gasteiger partial charge is 0.306 e. The summed E-state index contributed by atoms with van der Waals surface area (Å²) in [6.45, 7) is 0. The maximum Gasteiger partial charge on any atom is 0.306 e. The van der Waals surface area contributed by atoms with Crippen molar-refractivity contribution in [1.82, 2.24) is 0 Å². The van der Waals surface area contributed by atoms with Crippen molar-refractivity contribution in [2.45, 2.75) is 6.42 Å². The Labute approximate surface area is 105 Å². The first-order valence-electron chi connectivity index (χ1n) is 5.04. The molecule has 0 aliphatic rings. The molecule has 0 saturated heterocycles. The predicted molar refractivity (Wildman–Crippen MR) is 65.2 cm³/mol. The molecule has 6 nitrogen and oxygen atoms in total. The lowest BCUT2D eigenvalue weighted by molar-refractivity contribution is -0.140. The van der Waals surface area contributed by atoms with Crippen LogP contribution in [0.3, 0.4) is 0 Å². The number of nitriles is 1. The number of carbonyl (C=O) groups excluding carboxylic acids is 1. The number of ether oxygens (including phenoxy) is 1. The third-order valence-electron chi connectivity index (χ3n) is 2.07. The molecule has 1 aromatic carbocycles. The second kappa shape index (κ2) is 6.02. The Hall–Kier alpha value is -2.07. The highest BCUT2D eigenvalue weighted by Crippen LogP contribution is 2.12. The highest BCUT2D eigenvalue weighted by atomic mass is 32.2. The maximum absolute atomic E-state index is 11.6. The van der Waals surface area contributed by atoms with Gasteiger partial charge in [0.25, 0.3) is 0 Å². The number of esters is 1. The molecule has 1 N–H and O–H groups in total. The van der Waals surface area contributed by atoms with E-state index < -0.39 is 16.0 Å². The van der Waals surface area contributed by atoms with Gasteiger partial charge in [0, 0.05) is 5.69 Å². The summed E-state index contributed by atoms with van der Waals surface area (Å²) < 4.78 is 29.9. The van der Waals surface area contributed by atoms with Crippen LogP contribution in [0.4, 0.5) is 5.69 Å². The lowest BCUT2D eigenvalue weighted by Crippen LogP contribution is -2.19. The number of carbonyl (C=O) groups is 1. The van der Waals surface area contributed by atoms with Gasteiger partial charge >= 0.3 is 5.97 Å². The van der Waals surface area contributed by atoms with Gasteiger partial charge in [-0.15, -0.1) is 0 Å². The highest BCUT2D eigenvalue weighted by molar-refractivity contribution is 7.92. The van der Waals surface area contributed by atoms with E-state index in [2.05, 4.69) is 9.46 Å². The molecule has 0 radical (unpaired) electrons. The molecule has 0 heterocycles. The molecule has 0 aromatic heterocycles. The van der Waals surface area contributed by atoms with Crippen molar-refractivity contribution in [3.05, 3.63) is 29.8 Å². The molecule has 0 fully saturated rings. The van der Waals surface area contributed by atoms with E-state index in [9.17, 15) is 13.2 Å². The van der Waals surface area contributed by atoms with E-state index in [1.54, 1.807) is 12.1 Å². The molecule has 18 heavy (non-hydrogen) atoms. The fourth-order valence-corrected chi connectivity index (χ4v) is 2.23. The standard InChI is InChI=1S/C11H12N2O4S/c1-17-11(14)5-6-18(15,16)13-10-4-2-3-9(7-10)8-12/h2-4,7,13H,5-6H2,1H3. The number of methoxy groups -OCH3 is 1. The summed E-state index contributed by atoms with van der Waals surface area (Å²) >= 11 is 0. The molecular formula is C11H12N2O4S. The second-order valence-corrected chi connectivity index (χ2v) is 5.28. The molecule has 0 aliphatic carbocycles. The Morgan fingerprint density at radius 2 is 2.22 bits per heavy atom. The van der Waals surface area contributed by atoms with Gasteiger partial charge in [0.1, 0.15) is 0 Å². The zero-order valence-electron chi connectivity index (χ0n) is 9.71. The monoisotopic (exact) mass is 268 g/mol. The number of sulfonamides is 1. The molecule has 0 bridgehead atoms. The van der Waals surface area contributed by atoms with Crippen LogP contribution in [0, 0.1) is 11.3 Å². The van der Waals surface area contributed by atoms with Gasteiger partial charge in [-0.1, -0.05) is 6.07 Å². The average molecular weight is 268 g/mol. The van der Waals surface area contributed by atoms with E-state index in [4.69, 9.17) is 5.26 Å². The minimum Gasteiger partial charge on any atom is -0.469 e. The minimum absolute atomic E-state index is 0.218. The molecule has 0 atom stereocenters. The lowest BCUT2D eigenvalue weighted by atomic mass is 10.2. The largest absolute Gasteiger partial charge is 0.469 e. The summed E-state index contributed by atoms with van der Waals surface area (Å²) in [4.78, 5) is 10.9. The Kier molecular flexibility index (Phi) is 4.68. The quantitative estimate of drug-likeness (QED) is 0.799. The van der Waals surface area contributed by atoms with Crippen LogP contribution in [-0.4, -0.2) is 27.2 Å². The van der Waals surface area contributed by atoms with E-state index in [1.165, 1.54) is 19.2 Å². The number of nitrogens with zero attached hydrogens (tertiary/aromatic N) is 1. The Balaban J connectivity index is 2.71. The van der Waals surface area contributed by atoms with Crippen LogP contribution in [0.15, 0.2) is 24.3 Å². The lowest BCUT2D eigenvalue weighted by Gasteiger charge is -2.07. The summed E-state index contributed by atoms with van der Waals surface area (Å²) in [5.74, 6) is -0.956. The number of anilines is 1. The van der Waals surface area contributed by atoms with Gasteiger partial charge in [-0.05, 0) is 18.2 Å². The fourth-order valence-electron chi connectivity index (χ4n) is 1.20. The summed E-state index contributed by atoms with van der Waals surface area (Å²) in [7, 11) is -2.43. The molecule has 1 rings (SSSR count). The van der Waals surface area contributed by atoms with Crippen LogP contribution in [0.25, 0.3) is 0 Å². The van der Waals surface area contributed by atoms with Crippen molar-refractivity contribution in [3.63, 3.8) is 0 Å². The van der Waals surface area contributed by atoms with Crippen molar-refractivity contribution in [3.8, 4) is 6.07 Å². The first-order chi connectivity index (χ1) is 8.46. The zero-order chi connectivity index (χ0) is 13.6. The number of benzene rings is 1. The number of hydrogen-bond acceptors (Lipinski definition) is 5. The van der Waals surface area contributed by atoms with Crippen LogP contribution in [0.1, 0.15) is 12.0 Å². The van der Waals surface area contributed by atoms with Crippen LogP contribution >= 0.6 is 0 Å². The molecule has 0 amide bonds. The molecule has 0 aliphatic heterocycles. The number of nitrogens with one attached hydrogen (secondary N) is 1. The first-order valence-corrected chi connectivity index (χ1v) is 6.69. The van der Waals surface area contributed by atoms with Crippen molar-refractivity contribution >= 4 is 21.7 Å². The van der Waals surface area contributed by atoms with Gasteiger partial charge < -0.3 is 4.74 Å². The van der Waals surface area contributed by atoms with Gasteiger partial charge in [-0.3, -0.25) is 9.52 Å². The van der Waals surface area contributed by atoms with Gasteiger partial charge in [0.15, 0.2) is 0 Å². The normalized spacial score (nSPS) is 10.4. The summed E-state index contributed by atoms with van der Waals surface area (Å²) in [6, 6.07) is 7.97. The minimum atomic E-state index is -3.63. The van der Waals surface area contributed by atoms with Crippen molar-refractivity contribution in [2.75, 3.05) is 17.6 Å². The topological polar surface area (TPSA) is 96.3 Å². The van der Waals surface area contributed by atoms with Gasteiger partial charge in [-0.25, -0.2) is 8.42 Å². The average Bonchev–Trinajstić information content (AvgIpc) is 2.35. The Bertz CT molecular complexity index is 575. The summed E-state index contributed by atoms with van der Waals surface area (Å²) in [5, 5.41) is 8.68. The van der Waals surface area contributed by atoms with E-state index in [0.717, 1.165) is 0 Å².